The molecular formula is C25H27N3O3S. The van der Waals surface area contributed by atoms with Crippen LogP contribution in [0.1, 0.15) is 44.1 Å². The average Bonchev–Trinajstić information content (AvgIpc) is 3.34. The summed E-state index contributed by atoms with van der Waals surface area (Å²) < 4.78 is 35.6. The Morgan fingerprint density at radius 1 is 1.09 bits per heavy atom. The van der Waals surface area contributed by atoms with Gasteiger partial charge in [0.15, 0.2) is 0 Å². The summed E-state index contributed by atoms with van der Waals surface area (Å²) in [6, 6.07) is 15.2. The Morgan fingerprint density at radius 3 is 2.44 bits per heavy atom. The lowest BCUT2D eigenvalue weighted by molar-refractivity contribution is 0.415. The zero-order chi connectivity index (χ0) is 22.3. The van der Waals surface area contributed by atoms with Crippen LogP contribution in [0.15, 0.2) is 47.4 Å². The van der Waals surface area contributed by atoms with E-state index in [4.69, 9.17) is 4.74 Å². The summed E-state index contributed by atoms with van der Waals surface area (Å²) in [6.45, 7) is 0.837. The van der Waals surface area contributed by atoms with Crippen LogP contribution in [0.3, 0.4) is 0 Å². The van der Waals surface area contributed by atoms with E-state index >= 15 is 0 Å². The maximum Gasteiger partial charge on any atom is 0.240 e. The van der Waals surface area contributed by atoms with Crippen molar-refractivity contribution in [2.45, 2.75) is 56.0 Å². The van der Waals surface area contributed by atoms with Gasteiger partial charge in [-0.2, -0.15) is 5.26 Å². The van der Waals surface area contributed by atoms with E-state index in [1.807, 2.05) is 30.3 Å². The Kier molecular flexibility index (Phi) is 5.44. The van der Waals surface area contributed by atoms with Crippen molar-refractivity contribution in [2.75, 3.05) is 7.11 Å². The van der Waals surface area contributed by atoms with E-state index in [0.717, 1.165) is 47.3 Å². The smallest absolute Gasteiger partial charge is 0.240 e. The molecule has 0 spiro atoms. The number of methoxy groups -OCH3 is 1. The van der Waals surface area contributed by atoms with E-state index in [2.05, 4.69) is 15.4 Å². The molecule has 0 atom stereocenters. The molecule has 7 heteroatoms. The number of hydrogen-bond donors (Lipinski definition) is 1. The summed E-state index contributed by atoms with van der Waals surface area (Å²) in [5.74, 6) is 1.33. The predicted molar refractivity (Wildman–Crippen MR) is 124 cm³/mol. The fraction of sp³-hybridized carbons (Fsp3) is 0.400. The Morgan fingerprint density at radius 2 is 1.81 bits per heavy atom. The highest BCUT2D eigenvalue weighted by Gasteiger charge is 2.28. The fourth-order valence-electron chi connectivity index (χ4n) is 4.79. The molecule has 2 aromatic carbocycles. The molecule has 0 bridgehead atoms. The number of nitriles is 1. The molecule has 1 heterocycles. The van der Waals surface area contributed by atoms with E-state index in [9.17, 15) is 13.7 Å². The SMILES string of the molecule is COc1ccc2c(C#N)c(-c3ccc(S(=O)(=O)NC4CC4)cc3)n(CC3CCCC3)c2c1. The van der Waals surface area contributed by atoms with Crippen molar-refractivity contribution in [1.82, 2.24) is 9.29 Å². The van der Waals surface area contributed by atoms with Crippen molar-refractivity contribution in [3.63, 3.8) is 0 Å². The molecule has 166 valence electrons. The van der Waals surface area contributed by atoms with Crippen molar-refractivity contribution >= 4 is 20.9 Å². The quantitative estimate of drug-likeness (QED) is 0.560. The minimum absolute atomic E-state index is 0.0637. The summed E-state index contributed by atoms with van der Waals surface area (Å²) >= 11 is 0. The molecular weight excluding hydrogens is 422 g/mol. The summed E-state index contributed by atoms with van der Waals surface area (Å²) in [6.07, 6.45) is 6.66. The van der Waals surface area contributed by atoms with E-state index in [1.165, 1.54) is 25.7 Å². The summed E-state index contributed by atoms with van der Waals surface area (Å²) in [4.78, 5) is 0.256. The molecule has 2 aliphatic rings. The van der Waals surface area contributed by atoms with E-state index < -0.39 is 10.0 Å². The second-order valence-corrected chi connectivity index (χ2v) is 10.6. The van der Waals surface area contributed by atoms with Crippen LogP contribution in [0, 0.1) is 17.2 Å². The molecule has 0 amide bonds. The maximum atomic E-state index is 12.6. The highest BCUT2D eigenvalue weighted by molar-refractivity contribution is 7.89. The normalized spacial score (nSPS) is 17.0. The minimum atomic E-state index is -3.51. The molecule has 32 heavy (non-hydrogen) atoms. The molecule has 1 aromatic heterocycles. The topological polar surface area (TPSA) is 84.1 Å². The first kappa shape index (κ1) is 21.0. The van der Waals surface area contributed by atoms with Crippen LogP contribution < -0.4 is 9.46 Å². The van der Waals surface area contributed by atoms with Crippen LogP contribution in [-0.4, -0.2) is 26.1 Å². The van der Waals surface area contributed by atoms with Crippen LogP contribution in [0.4, 0.5) is 0 Å². The summed E-state index contributed by atoms with van der Waals surface area (Å²) in [7, 11) is -1.87. The molecule has 0 aliphatic heterocycles. The highest BCUT2D eigenvalue weighted by atomic mass is 32.2. The molecule has 2 fully saturated rings. The molecule has 6 nitrogen and oxygen atoms in total. The van der Waals surface area contributed by atoms with Crippen molar-refractivity contribution in [3.8, 4) is 23.1 Å². The molecule has 2 saturated carbocycles. The van der Waals surface area contributed by atoms with E-state index in [-0.39, 0.29) is 10.9 Å². The molecule has 0 saturated heterocycles. The van der Waals surface area contributed by atoms with Crippen LogP contribution in [-0.2, 0) is 16.6 Å². The van der Waals surface area contributed by atoms with E-state index in [1.54, 1.807) is 19.2 Å². The first-order chi connectivity index (χ1) is 15.5. The number of nitrogens with one attached hydrogen (secondary N) is 1. The zero-order valence-corrected chi connectivity index (χ0v) is 19.0. The molecule has 0 radical (unpaired) electrons. The number of sulfonamides is 1. The molecule has 2 aliphatic carbocycles. The summed E-state index contributed by atoms with van der Waals surface area (Å²) in [5, 5.41) is 11.0. The maximum absolute atomic E-state index is 12.6. The van der Waals surface area contributed by atoms with E-state index in [0.29, 0.717) is 11.5 Å². The van der Waals surface area contributed by atoms with Crippen molar-refractivity contribution in [3.05, 3.63) is 48.0 Å². The third-order valence-corrected chi connectivity index (χ3v) is 8.17. The number of fused-ring (bicyclic) bond motifs is 1. The van der Waals surface area contributed by atoms with Gasteiger partial charge in [0.1, 0.15) is 11.8 Å². The van der Waals surface area contributed by atoms with Crippen LogP contribution in [0.25, 0.3) is 22.2 Å². The van der Waals surface area contributed by atoms with Gasteiger partial charge in [0, 0.05) is 24.0 Å². The highest BCUT2D eigenvalue weighted by Crippen LogP contribution is 2.38. The lowest BCUT2D eigenvalue weighted by Gasteiger charge is -2.16. The number of ether oxygens (including phenoxy) is 1. The van der Waals surface area contributed by atoms with Crippen LogP contribution >= 0.6 is 0 Å². The largest absolute Gasteiger partial charge is 0.497 e. The number of rotatable bonds is 7. The Hall–Kier alpha value is -2.82. The molecule has 1 N–H and O–H groups in total. The van der Waals surface area contributed by atoms with Gasteiger partial charge in [-0.25, -0.2) is 13.1 Å². The fourth-order valence-corrected chi connectivity index (χ4v) is 6.10. The average molecular weight is 450 g/mol. The van der Waals surface area contributed by atoms with Gasteiger partial charge in [-0.05, 0) is 61.4 Å². The third kappa shape index (κ3) is 3.89. The van der Waals surface area contributed by atoms with Gasteiger partial charge >= 0.3 is 0 Å². The second-order valence-electron chi connectivity index (χ2n) is 8.90. The Bertz CT molecular complexity index is 1290. The van der Waals surface area contributed by atoms with Crippen LogP contribution in [0.5, 0.6) is 5.75 Å². The third-order valence-electron chi connectivity index (χ3n) is 6.64. The second kappa shape index (κ2) is 8.27. The number of nitrogens with zero attached hydrogens (tertiary/aromatic N) is 2. The number of hydrogen-bond acceptors (Lipinski definition) is 4. The summed E-state index contributed by atoms with van der Waals surface area (Å²) in [5.41, 5.74) is 3.30. The lowest BCUT2D eigenvalue weighted by atomic mass is 10.1. The number of benzene rings is 2. The zero-order valence-electron chi connectivity index (χ0n) is 18.2. The standard InChI is InChI=1S/C25H27N3O3S/c1-31-20-10-13-22-23(15-26)25(28(24(22)14-20)16-17-4-2-3-5-17)18-6-11-21(12-7-18)32(29,30)27-19-8-9-19/h6-7,10-14,17,19,27H,2-5,8-9,16H2,1H3. The Labute approximate surface area is 188 Å². The number of aromatic nitrogens is 1. The van der Waals surface area contributed by atoms with Gasteiger partial charge in [0.05, 0.1) is 28.8 Å². The van der Waals surface area contributed by atoms with Crippen LogP contribution in [0.2, 0.25) is 0 Å². The van der Waals surface area contributed by atoms with Gasteiger partial charge in [-0.3, -0.25) is 0 Å². The molecule has 3 aromatic rings. The van der Waals surface area contributed by atoms with Gasteiger partial charge < -0.3 is 9.30 Å². The monoisotopic (exact) mass is 449 g/mol. The first-order valence-corrected chi connectivity index (χ1v) is 12.7. The van der Waals surface area contributed by atoms with Gasteiger partial charge in [-0.15, -0.1) is 0 Å². The predicted octanol–water partition coefficient (Wildman–Crippen LogP) is 4.82. The minimum Gasteiger partial charge on any atom is -0.497 e. The molecule has 5 rings (SSSR count). The lowest BCUT2D eigenvalue weighted by Crippen LogP contribution is -2.25. The van der Waals surface area contributed by atoms with Crippen molar-refractivity contribution in [1.29, 1.82) is 5.26 Å². The van der Waals surface area contributed by atoms with Gasteiger partial charge in [0.25, 0.3) is 0 Å². The molecule has 0 unspecified atom stereocenters. The van der Waals surface area contributed by atoms with Crippen molar-refractivity contribution < 1.29 is 13.2 Å². The van der Waals surface area contributed by atoms with Crippen molar-refractivity contribution in [2.24, 2.45) is 5.92 Å². The Balaban J connectivity index is 1.62. The van der Waals surface area contributed by atoms with Gasteiger partial charge in [-0.1, -0.05) is 25.0 Å². The van der Waals surface area contributed by atoms with Gasteiger partial charge in [0.2, 0.25) is 10.0 Å². The first-order valence-electron chi connectivity index (χ1n) is 11.2.